The lowest BCUT2D eigenvalue weighted by Gasteiger charge is -2.32. The maximum Gasteiger partial charge on any atom is 0.107 e. The summed E-state index contributed by atoms with van der Waals surface area (Å²) in [5.74, 6) is 0.856. The van der Waals surface area contributed by atoms with Crippen LogP contribution in [0.2, 0.25) is 0 Å². The van der Waals surface area contributed by atoms with E-state index >= 15 is 0 Å². The molecule has 1 aliphatic carbocycles. The van der Waals surface area contributed by atoms with Crippen LogP contribution >= 0.6 is 27.3 Å². The van der Waals surface area contributed by atoms with Crippen molar-refractivity contribution in [2.45, 2.75) is 64.2 Å². The minimum Gasteiger partial charge on any atom is -0.368 e. The van der Waals surface area contributed by atoms with Gasteiger partial charge < -0.3 is 10.5 Å². The van der Waals surface area contributed by atoms with Gasteiger partial charge in [-0.15, -0.1) is 11.3 Å². The second-order valence-electron chi connectivity index (χ2n) is 5.68. The molecule has 2 unspecified atom stereocenters. The summed E-state index contributed by atoms with van der Waals surface area (Å²) in [6.07, 6.45) is 6.32. The lowest BCUT2D eigenvalue weighted by molar-refractivity contribution is -0.0471. The third-order valence-electron chi connectivity index (χ3n) is 4.03. The largest absolute Gasteiger partial charge is 0.368 e. The van der Waals surface area contributed by atoms with E-state index in [2.05, 4.69) is 41.2 Å². The summed E-state index contributed by atoms with van der Waals surface area (Å²) < 4.78 is 7.48. The summed E-state index contributed by atoms with van der Waals surface area (Å²) in [7, 11) is 0. The average molecular weight is 346 g/mol. The smallest absolute Gasteiger partial charge is 0.107 e. The molecular formula is C15H24BrNOS. The van der Waals surface area contributed by atoms with Gasteiger partial charge in [-0.25, -0.2) is 0 Å². The second kappa shape index (κ2) is 7.21. The first-order chi connectivity index (χ1) is 9.10. The Kier molecular flexibility index (Phi) is 5.87. The van der Waals surface area contributed by atoms with Crippen LogP contribution in [0.15, 0.2) is 15.9 Å². The molecule has 1 heterocycles. The predicted octanol–water partition coefficient (Wildman–Crippen LogP) is 4.88. The van der Waals surface area contributed by atoms with Gasteiger partial charge >= 0.3 is 0 Å². The lowest BCUT2D eigenvalue weighted by atomic mass is 9.88. The van der Waals surface area contributed by atoms with Crippen LogP contribution in [0.4, 0.5) is 0 Å². The molecular weight excluding hydrogens is 322 g/mol. The van der Waals surface area contributed by atoms with Crippen molar-refractivity contribution in [1.82, 2.24) is 0 Å². The summed E-state index contributed by atoms with van der Waals surface area (Å²) in [4.78, 5) is 1.25. The highest BCUT2D eigenvalue weighted by atomic mass is 79.9. The van der Waals surface area contributed by atoms with E-state index in [-0.39, 0.29) is 12.1 Å². The van der Waals surface area contributed by atoms with Gasteiger partial charge in [-0.05, 0) is 60.0 Å². The van der Waals surface area contributed by atoms with Gasteiger partial charge in [0.25, 0.3) is 0 Å². The van der Waals surface area contributed by atoms with Crippen LogP contribution in [0.25, 0.3) is 0 Å². The Morgan fingerprint density at radius 1 is 1.42 bits per heavy atom. The van der Waals surface area contributed by atoms with Crippen LogP contribution in [-0.2, 0) is 4.74 Å². The zero-order chi connectivity index (χ0) is 13.8. The molecule has 1 aromatic heterocycles. The second-order valence-corrected chi connectivity index (χ2v) is 7.54. The lowest BCUT2D eigenvalue weighted by Crippen LogP contribution is -2.33. The monoisotopic (exact) mass is 345 g/mol. The molecule has 1 fully saturated rings. The summed E-state index contributed by atoms with van der Waals surface area (Å²) >= 11 is 5.26. The number of hydrogen-bond donors (Lipinski definition) is 1. The van der Waals surface area contributed by atoms with Crippen molar-refractivity contribution < 1.29 is 4.74 Å². The Hall–Kier alpha value is 0.1000. The summed E-state index contributed by atoms with van der Waals surface area (Å²) in [6, 6.07) is 2.24. The summed E-state index contributed by atoms with van der Waals surface area (Å²) in [5, 5.41) is 2.11. The fraction of sp³-hybridized carbons (Fsp3) is 0.733. The van der Waals surface area contributed by atoms with Gasteiger partial charge in [-0.2, -0.15) is 0 Å². The molecule has 108 valence electrons. The van der Waals surface area contributed by atoms with Crippen LogP contribution in [-0.4, -0.2) is 12.1 Å². The standard InChI is InChI=1S/C15H24BrNOS/c1-3-13(17)15(14-8-11(16)9-19-14)18-12-6-4-10(2)5-7-12/h8-10,12-13,15H,3-7,17H2,1-2H3. The van der Waals surface area contributed by atoms with Gasteiger partial charge in [0.1, 0.15) is 6.10 Å². The van der Waals surface area contributed by atoms with Crippen molar-refractivity contribution in [2.75, 3.05) is 0 Å². The first-order valence-corrected chi connectivity index (χ1v) is 8.92. The van der Waals surface area contributed by atoms with E-state index < -0.39 is 0 Å². The highest BCUT2D eigenvalue weighted by Gasteiger charge is 2.27. The van der Waals surface area contributed by atoms with Crippen LogP contribution in [0.3, 0.4) is 0 Å². The Bertz CT molecular complexity index is 387. The van der Waals surface area contributed by atoms with Gasteiger partial charge in [0.15, 0.2) is 0 Å². The van der Waals surface area contributed by atoms with E-state index in [9.17, 15) is 0 Å². The average Bonchev–Trinajstić information content (AvgIpc) is 2.83. The topological polar surface area (TPSA) is 35.2 Å². The fourth-order valence-corrected chi connectivity index (χ4v) is 4.20. The van der Waals surface area contributed by atoms with Gasteiger partial charge in [0.2, 0.25) is 0 Å². The van der Waals surface area contributed by atoms with Crippen LogP contribution < -0.4 is 5.73 Å². The Morgan fingerprint density at radius 3 is 2.63 bits per heavy atom. The molecule has 0 bridgehead atoms. The molecule has 1 aliphatic rings. The van der Waals surface area contributed by atoms with Crippen LogP contribution in [0, 0.1) is 5.92 Å². The molecule has 2 nitrogen and oxygen atoms in total. The van der Waals surface area contributed by atoms with Crippen molar-refractivity contribution in [3.8, 4) is 0 Å². The van der Waals surface area contributed by atoms with Gasteiger partial charge in [0.05, 0.1) is 6.10 Å². The normalized spacial score (nSPS) is 27.2. The molecule has 0 radical (unpaired) electrons. The van der Waals surface area contributed by atoms with Crippen molar-refractivity contribution >= 4 is 27.3 Å². The molecule has 4 heteroatoms. The quantitative estimate of drug-likeness (QED) is 0.824. The van der Waals surface area contributed by atoms with E-state index in [0.717, 1.165) is 16.8 Å². The summed E-state index contributed by atoms with van der Waals surface area (Å²) in [6.45, 7) is 4.47. The van der Waals surface area contributed by atoms with E-state index in [1.807, 2.05) is 0 Å². The zero-order valence-corrected chi connectivity index (χ0v) is 14.2. The first kappa shape index (κ1) is 15.5. The SMILES string of the molecule is CCC(N)C(OC1CCC(C)CC1)c1cc(Br)cs1. The number of rotatable bonds is 5. The Labute approximate surface area is 128 Å². The third kappa shape index (κ3) is 4.28. The molecule has 0 saturated heterocycles. The number of thiophene rings is 1. The fourth-order valence-electron chi connectivity index (χ4n) is 2.64. The maximum absolute atomic E-state index is 6.36. The Balaban J connectivity index is 2.02. The van der Waals surface area contributed by atoms with Crippen LogP contribution in [0.5, 0.6) is 0 Å². The molecule has 2 rings (SSSR count). The molecule has 0 amide bonds. The van der Waals surface area contributed by atoms with Crippen molar-refractivity contribution in [3.05, 3.63) is 20.8 Å². The van der Waals surface area contributed by atoms with Crippen molar-refractivity contribution in [2.24, 2.45) is 11.7 Å². The molecule has 0 aliphatic heterocycles. The molecule has 1 saturated carbocycles. The molecule has 2 N–H and O–H groups in total. The molecule has 0 spiro atoms. The Morgan fingerprint density at radius 2 is 2.11 bits per heavy atom. The van der Waals surface area contributed by atoms with E-state index in [0.29, 0.717) is 6.10 Å². The van der Waals surface area contributed by atoms with E-state index in [4.69, 9.17) is 10.5 Å². The minimum atomic E-state index is 0.0553. The molecule has 2 atom stereocenters. The highest BCUT2D eigenvalue weighted by Crippen LogP contribution is 2.35. The number of nitrogens with two attached hydrogens (primary N) is 1. The molecule has 1 aromatic rings. The maximum atomic E-state index is 6.36. The third-order valence-corrected chi connectivity index (χ3v) is 5.79. The zero-order valence-electron chi connectivity index (χ0n) is 11.8. The number of halogens is 1. The minimum absolute atomic E-state index is 0.0553. The van der Waals surface area contributed by atoms with Crippen molar-refractivity contribution in [1.29, 1.82) is 0 Å². The van der Waals surface area contributed by atoms with Crippen LogP contribution in [0.1, 0.15) is 56.9 Å². The number of ether oxygens (including phenoxy) is 1. The summed E-state index contributed by atoms with van der Waals surface area (Å²) in [5.41, 5.74) is 6.27. The van der Waals surface area contributed by atoms with Gasteiger partial charge in [-0.1, -0.05) is 13.8 Å². The highest BCUT2D eigenvalue weighted by molar-refractivity contribution is 9.10. The molecule has 19 heavy (non-hydrogen) atoms. The van der Waals surface area contributed by atoms with Gasteiger partial charge in [-0.3, -0.25) is 0 Å². The molecule has 0 aromatic carbocycles. The van der Waals surface area contributed by atoms with E-state index in [1.165, 1.54) is 30.6 Å². The van der Waals surface area contributed by atoms with Gasteiger partial charge in [0, 0.05) is 20.8 Å². The number of hydrogen-bond acceptors (Lipinski definition) is 3. The first-order valence-electron chi connectivity index (χ1n) is 7.25. The predicted molar refractivity (Wildman–Crippen MR) is 85.5 cm³/mol. The van der Waals surface area contributed by atoms with E-state index in [1.54, 1.807) is 11.3 Å². The van der Waals surface area contributed by atoms with Crippen molar-refractivity contribution in [3.63, 3.8) is 0 Å².